The minimum Gasteiger partial charge on any atom is -0.319 e. The first-order valence-electron chi connectivity index (χ1n) is 7.25. The first kappa shape index (κ1) is 13.5. The zero-order valence-electron chi connectivity index (χ0n) is 11.9. The van der Waals surface area contributed by atoms with E-state index in [0.717, 1.165) is 18.4 Å². The standard InChI is InChI=1S/C14H26N4/c1-4-5-11-6-7-12(9-15-2)13(8-11)14-10-16-17-18(14)3/h10-13,15H,4-9H2,1-3H3. The molecule has 4 nitrogen and oxygen atoms in total. The van der Waals surface area contributed by atoms with E-state index in [2.05, 4.69) is 29.6 Å². The lowest BCUT2D eigenvalue weighted by Gasteiger charge is -2.36. The van der Waals surface area contributed by atoms with E-state index >= 15 is 0 Å². The Bertz CT molecular complexity index is 360. The summed E-state index contributed by atoms with van der Waals surface area (Å²) in [5.74, 6) is 2.26. The molecule has 18 heavy (non-hydrogen) atoms. The normalized spacial score (nSPS) is 28.5. The Morgan fingerprint density at radius 2 is 2.28 bits per heavy atom. The Kier molecular flexibility index (Phi) is 4.75. The van der Waals surface area contributed by atoms with Crippen molar-refractivity contribution in [1.29, 1.82) is 0 Å². The minimum atomic E-state index is 0.628. The van der Waals surface area contributed by atoms with Crippen LogP contribution in [0.4, 0.5) is 0 Å². The third kappa shape index (κ3) is 2.91. The number of hydrogen-bond acceptors (Lipinski definition) is 3. The molecule has 0 amide bonds. The van der Waals surface area contributed by atoms with Gasteiger partial charge < -0.3 is 5.32 Å². The molecule has 1 aromatic heterocycles. The van der Waals surface area contributed by atoms with Crippen LogP contribution in [0.5, 0.6) is 0 Å². The van der Waals surface area contributed by atoms with E-state index in [4.69, 9.17) is 0 Å². The molecule has 1 heterocycles. The number of nitrogens with one attached hydrogen (secondary N) is 1. The lowest BCUT2D eigenvalue weighted by molar-refractivity contribution is 0.216. The maximum Gasteiger partial charge on any atom is 0.0728 e. The van der Waals surface area contributed by atoms with E-state index in [1.807, 2.05) is 17.9 Å². The van der Waals surface area contributed by atoms with Crippen molar-refractivity contribution in [2.75, 3.05) is 13.6 Å². The topological polar surface area (TPSA) is 42.7 Å². The van der Waals surface area contributed by atoms with Gasteiger partial charge in [-0.2, -0.15) is 0 Å². The number of rotatable bonds is 5. The van der Waals surface area contributed by atoms with Gasteiger partial charge in [-0.3, -0.25) is 4.68 Å². The van der Waals surface area contributed by atoms with Gasteiger partial charge in [0.05, 0.1) is 11.9 Å². The van der Waals surface area contributed by atoms with Crippen molar-refractivity contribution >= 4 is 0 Å². The third-order valence-corrected chi connectivity index (χ3v) is 4.39. The quantitative estimate of drug-likeness (QED) is 0.872. The molecule has 0 aromatic carbocycles. The lowest BCUT2D eigenvalue weighted by atomic mass is 9.71. The number of aromatic nitrogens is 3. The molecular formula is C14H26N4. The monoisotopic (exact) mass is 250 g/mol. The first-order valence-corrected chi connectivity index (χ1v) is 7.25. The van der Waals surface area contributed by atoms with Crippen LogP contribution in [0, 0.1) is 11.8 Å². The fourth-order valence-electron chi connectivity index (χ4n) is 3.49. The first-order chi connectivity index (χ1) is 8.76. The van der Waals surface area contributed by atoms with Crippen LogP contribution in [0.2, 0.25) is 0 Å². The van der Waals surface area contributed by atoms with Crippen molar-refractivity contribution in [3.05, 3.63) is 11.9 Å². The van der Waals surface area contributed by atoms with Gasteiger partial charge in [0.2, 0.25) is 0 Å². The summed E-state index contributed by atoms with van der Waals surface area (Å²) in [7, 11) is 4.07. The summed E-state index contributed by atoms with van der Waals surface area (Å²) < 4.78 is 1.96. The van der Waals surface area contributed by atoms with Crippen LogP contribution in [0.25, 0.3) is 0 Å². The van der Waals surface area contributed by atoms with E-state index in [1.54, 1.807) is 0 Å². The highest BCUT2D eigenvalue weighted by molar-refractivity contribution is 5.07. The molecule has 1 aliphatic carbocycles. The molecule has 0 spiro atoms. The molecule has 0 bridgehead atoms. The van der Waals surface area contributed by atoms with Gasteiger partial charge in [0, 0.05) is 13.0 Å². The van der Waals surface area contributed by atoms with Crippen molar-refractivity contribution in [2.45, 2.75) is 44.9 Å². The van der Waals surface area contributed by atoms with Crippen molar-refractivity contribution in [1.82, 2.24) is 20.3 Å². The Morgan fingerprint density at radius 1 is 1.44 bits per heavy atom. The van der Waals surface area contributed by atoms with E-state index in [-0.39, 0.29) is 0 Å². The molecule has 4 heteroatoms. The van der Waals surface area contributed by atoms with E-state index in [9.17, 15) is 0 Å². The maximum atomic E-state index is 4.10. The molecule has 0 aliphatic heterocycles. The van der Waals surface area contributed by atoms with Crippen LogP contribution in [0.3, 0.4) is 0 Å². The Morgan fingerprint density at radius 3 is 2.89 bits per heavy atom. The van der Waals surface area contributed by atoms with Crippen molar-refractivity contribution in [3.63, 3.8) is 0 Å². The largest absolute Gasteiger partial charge is 0.319 e. The molecule has 102 valence electrons. The van der Waals surface area contributed by atoms with E-state index in [1.165, 1.54) is 37.8 Å². The second kappa shape index (κ2) is 6.32. The summed E-state index contributed by atoms with van der Waals surface area (Å²) in [5, 5.41) is 11.5. The predicted octanol–water partition coefficient (Wildman–Crippen LogP) is 2.33. The van der Waals surface area contributed by atoms with Gasteiger partial charge in [0.15, 0.2) is 0 Å². The second-order valence-electron chi connectivity index (χ2n) is 5.67. The van der Waals surface area contributed by atoms with Crippen LogP contribution in [0.15, 0.2) is 6.20 Å². The summed E-state index contributed by atoms with van der Waals surface area (Å²) in [6, 6.07) is 0. The van der Waals surface area contributed by atoms with Gasteiger partial charge >= 0.3 is 0 Å². The van der Waals surface area contributed by atoms with Crippen molar-refractivity contribution < 1.29 is 0 Å². The molecule has 1 saturated carbocycles. The van der Waals surface area contributed by atoms with Gasteiger partial charge in [-0.15, -0.1) is 5.10 Å². The zero-order valence-corrected chi connectivity index (χ0v) is 11.9. The third-order valence-electron chi connectivity index (χ3n) is 4.39. The van der Waals surface area contributed by atoms with E-state index < -0.39 is 0 Å². The average Bonchev–Trinajstić information content (AvgIpc) is 2.78. The fourth-order valence-corrected chi connectivity index (χ4v) is 3.49. The molecule has 1 aliphatic rings. The molecule has 1 N–H and O–H groups in total. The fraction of sp³-hybridized carbons (Fsp3) is 0.857. The van der Waals surface area contributed by atoms with Crippen LogP contribution in [0.1, 0.15) is 50.6 Å². The van der Waals surface area contributed by atoms with Crippen LogP contribution in [-0.2, 0) is 7.05 Å². The van der Waals surface area contributed by atoms with Gasteiger partial charge in [-0.05, 0) is 38.3 Å². The van der Waals surface area contributed by atoms with Crippen LogP contribution >= 0.6 is 0 Å². The van der Waals surface area contributed by atoms with Crippen LogP contribution < -0.4 is 5.32 Å². The number of nitrogens with zero attached hydrogens (tertiary/aromatic N) is 3. The molecule has 3 atom stereocenters. The van der Waals surface area contributed by atoms with Gasteiger partial charge in [0.25, 0.3) is 0 Å². The molecule has 0 saturated heterocycles. The smallest absolute Gasteiger partial charge is 0.0728 e. The molecule has 2 rings (SSSR count). The van der Waals surface area contributed by atoms with Crippen molar-refractivity contribution in [2.24, 2.45) is 18.9 Å². The SMILES string of the molecule is CCCC1CCC(CNC)C(c2cnnn2C)C1. The maximum absolute atomic E-state index is 4.10. The summed E-state index contributed by atoms with van der Waals surface area (Å²) in [6.45, 7) is 3.40. The summed E-state index contributed by atoms with van der Waals surface area (Å²) in [5.41, 5.74) is 1.32. The Hall–Kier alpha value is -0.900. The molecule has 1 fully saturated rings. The second-order valence-corrected chi connectivity index (χ2v) is 5.67. The molecule has 0 radical (unpaired) electrons. The van der Waals surface area contributed by atoms with E-state index in [0.29, 0.717) is 5.92 Å². The Balaban J connectivity index is 2.12. The number of aryl methyl sites for hydroxylation is 1. The lowest BCUT2D eigenvalue weighted by Crippen LogP contribution is -2.31. The number of hydrogen-bond donors (Lipinski definition) is 1. The van der Waals surface area contributed by atoms with Crippen molar-refractivity contribution in [3.8, 4) is 0 Å². The van der Waals surface area contributed by atoms with Gasteiger partial charge in [-0.25, -0.2) is 0 Å². The average molecular weight is 250 g/mol. The molecule has 3 unspecified atom stereocenters. The molecule has 1 aromatic rings. The molecular weight excluding hydrogens is 224 g/mol. The highest BCUT2D eigenvalue weighted by Crippen LogP contribution is 2.41. The highest BCUT2D eigenvalue weighted by Gasteiger charge is 2.32. The summed E-state index contributed by atoms with van der Waals surface area (Å²) >= 11 is 0. The van der Waals surface area contributed by atoms with Gasteiger partial charge in [-0.1, -0.05) is 31.4 Å². The minimum absolute atomic E-state index is 0.628. The summed E-state index contributed by atoms with van der Waals surface area (Å²) in [4.78, 5) is 0. The highest BCUT2D eigenvalue weighted by atomic mass is 15.4. The predicted molar refractivity (Wildman–Crippen MR) is 73.4 cm³/mol. The Labute approximate surface area is 110 Å². The van der Waals surface area contributed by atoms with Crippen LogP contribution in [-0.4, -0.2) is 28.6 Å². The summed E-state index contributed by atoms with van der Waals surface area (Å²) in [6.07, 6.45) is 8.66. The van der Waals surface area contributed by atoms with Gasteiger partial charge in [0.1, 0.15) is 0 Å². The zero-order chi connectivity index (χ0) is 13.0.